The summed E-state index contributed by atoms with van der Waals surface area (Å²) >= 11 is 0. The monoisotopic (exact) mass is 244 g/mol. The summed E-state index contributed by atoms with van der Waals surface area (Å²) in [4.78, 5) is 3.49. The molecule has 0 bridgehead atoms. The molecule has 1 aliphatic rings. The first-order valence-corrected chi connectivity index (χ1v) is 5.49. The smallest absolute Gasteiger partial charge is 0.325 e. The van der Waals surface area contributed by atoms with Crippen LogP contribution < -0.4 is 5.73 Å². The maximum absolute atomic E-state index is 12.4. The zero-order chi connectivity index (χ0) is 12.9. The Bertz CT molecular complexity index is 411. The molecular formula is C12H15F3N2. The van der Waals surface area contributed by atoms with Gasteiger partial charge >= 0.3 is 6.18 Å². The van der Waals surface area contributed by atoms with E-state index in [9.17, 15) is 13.2 Å². The fourth-order valence-corrected chi connectivity index (χ4v) is 2.27. The molecule has 0 spiro atoms. The lowest BCUT2D eigenvalue weighted by atomic mass is 9.80. The summed E-state index contributed by atoms with van der Waals surface area (Å²) in [5.74, 6) is 0. The fourth-order valence-electron chi connectivity index (χ4n) is 2.27. The SMILES string of the molecule is CC(C)(N)C1(c2ccc(C(F)(F)F)nc2)CC1. The molecule has 1 fully saturated rings. The number of pyridine rings is 1. The average molecular weight is 244 g/mol. The highest BCUT2D eigenvalue weighted by molar-refractivity contribution is 5.35. The Labute approximate surface area is 98.0 Å². The summed E-state index contributed by atoms with van der Waals surface area (Å²) in [6.45, 7) is 3.80. The van der Waals surface area contributed by atoms with Crippen LogP contribution >= 0.6 is 0 Å². The molecule has 17 heavy (non-hydrogen) atoms. The van der Waals surface area contributed by atoms with Gasteiger partial charge in [-0.1, -0.05) is 6.07 Å². The molecule has 0 unspecified atom stereocenters. The van der Waals surface area contributed by atoms with Gasteiger partial charge in [-0.15, -0.1) is 0 Å². The van der Waals surface area contributed by atoms with Crippen LogP contribution in [0.1, 0.15) is 37.9 Å². The van der Waals surface area contributed by atoms with Crippen LogP contribution in [0.15, 0.2) is 18.3 Å². The van der Waals surface area contributed by atoms with Crippen molar-refractivity contribution in [2.75, 3.05) is 0 Å². The molecular weight excluding hydrogens is 229 g/mol. The van der Waals surface area contributed by atoms with Crippen LogP contribution in [0.2, 0.25) is 0 Å². The number of hydrogen-bond acceptors (Lipinski definition) is 2. The van der Waals surface area contributed by atoms with Crippen molar-refractivity contribution in [2.45, 2.75) is 43.8 Å². The van der Waals surface area contributed by atoms with Gasteiger partial charge in [0.1, 0.15) is 5.69 Å². The van der Waals surface area contributed by atoms with Crippen LogP contribution in [-0.2, 0) is 11.6 Å². The minimum atomic E-state index is -4.38. The molecule has 1 aliphatic carbocycles. The van der Waals surface area contributed by atoms with Crippen molar-refractivity contribution in [2.24, 2.45) is 5.73 Å². The van der Waals surface area contributed by atoms with Gasteiger partial charge in [-0.2, -0.15) is 13.2 Å². The lowest BCUT2D eigenvalue weighted by Gasteiger charge is -2.31. The van der Waals surface area contributed by atoms with Gasteiger partial charge in [-0.25, -0.2) is 0 Å². The van der Waals surface area contributed by atoms with Crippen molar-refractivity contribution in [1.82, 2.24) is 4.98 Å². The predicted octanol–water partition coefficient (Wildman–Crippen LogP) is 2.87. The number of aromatic nitrogens is 1. The van der Waals surface area contributed by atoms with Gasteiger partial charge in [0.25, 0.3) is 0 Å². The van der Waals surface area contributed by atoms with Crippen molar-refractivity contribution < 1.29 is 13.2 Å². The van der Waals surface area contributed by atoms with Gasteiger partial charge in [-0.05, 0) is 38.3 Å². The van der Waals surface area contributed by atoms with E-state index in [4.69, 9.17) is 5.73 Å². The topological polar surface area (TPSA) is 38.9 Å². The van der Waals surface area contributed by atoms with Gasteiger partial charge in [0.2, 0.25) is 0 Å². The average Bonchev–Trinajstić information content (AvgIpc) is 2.96. The van der Waals surface area contributed by atoms with Crippen LogP contribution in [0.5, 0.6) is 0 Å². The highest BCUT2D eigenvalue weighted by atomic mass is 19.4. The molecule has 0 aromatic carbocycles. The quantitative estimate of drug-likeness (QED) is 0.868. The van der Waals surface area contributed by atoms with Crippen LogP contribution in [0.25, 0.3) is 0 Å². The number of nitrogens with zero attached hydrogens (tertiary/aromatic N) is 1. The van der Waals surface area contributed by atoms with E-state index < -0.39 is 17.4 Å². The van der Waals surface area contributed by atoms with Crippen LogP contribution in [0, 0.1) is 0 Å². The van der Waals surface area contributed by atoms with Crippen molar-refractivity contribution >= 4 is 0 Å². The number of halogens is 3. The first-order chi connectivity index (χ1) is 7.67. The molecule has 0 saturated heterocycles. The summed E-state index contributed by atoms with van der Waals surface area (Å²) in [6.07, 6.45) is -1.26. The summed E-state index contributed by atoms with van der Waals surface area (Å²) in [6, 6.07) is 2.53. The Morgan fingerprint density at radius 3 is 2.12 bits per heavy atom. The zero-order valence-corrected chi connectivity index (χ0v) is 9.80. The van der Waals surface area contributed by atoms with E-state index in [-0.39, 0.29) is 5.41 Å². The van der Waals surface area contributed by atoms with E-state index in [0.29, 0.717) is 0 Å². The van der Waals surface area contributed by atoms with E-state index >= 15 is 0 Å². The Balaban J connectivity index is 2.32. The molecule has 1 aromatic rings. The summed E-state index contributed by atoms with van der Waals surface area (Å²) in [7, 11) is 0. The molecule has 2 N–H and O–H groups in total. The Hall–Kier alpha value is -1.10. The second-order valence-electron chi connectivity index (χ2n) is 5.23. The van der Waals surface area contributed by atoms with E-state index in [1.807, 2.05) is 13.8 Å². The number of hydrogen-bond donors (Lipinski definition) is 1. The summed E-state index contributed by atoms with van der Waals surface area (Å²) in [5, 5.41) is 0. The molecule has 94 valence electrons. The Morgan fingerprint density at radius 1 is 1.24 bits per heavy atom. The summed E-state index contributed by atoms with van der Waals surface area (Å²) < 4.78 is 37.1. The maximum atomic E-state index is 12.4. The van der Waals surface area contributed by atoms with Gasteiger partial charge in [0.15, 0.2) is 0 Å². The molecule has 1 saturated carbocycles. The molecule has 1 heterocycles. The zero-order valence-electron chi connectivity index (χ0n) is 9.80. The number of alkyl halides is 3. The standard InChI is InChI=1S/C12H15F3N2/c1-10(2,16)11(5-6-11)8-3-4-9(17-7-8)12(13,14)15/h3-4,7H,5-6,16H2,1-2H3. The molecule has 5 heteroatoms. The molecule has 2 rings (SSSR count). The highest BCUT2D eigenvalue weighted by Crippen LogP contribution is 2.54. The Morgan fingerprint density at radius 2 is 1.82 bits per heavy atom. The predicted molar refractivity (Wildman–Crippen MR) is 58.4 cm³/mol. The van der Waals surface area contributed by atoms with Crippen molar-refractivity contribution in [3.63, 3.8) is 0 Å². The second kappa shape index (κ2) is 3.45. The lowest BCUT2D eigenvalue weighted by molar-refractivity contribution is -0.141. The minimum absolute atomic E-state index is 0.204. The van der Waals surface area contributed by atoms with Crippen molar-refractivity contribution in [3.05, 3.63) is 29.6 Å². The molecule has 0 amide bonds. The van der Waals surface area contributed by atoms with Gasteiger partial charge in [0.05, 0.1) is 0 Å². The third-order valence-corrected chi connectivity index (χ3v) is 3.59. The molecule has 0 aliphatic heterocycles. The largest absolute Gasteiger partial charge is 0.433 e. The first kappa shape index (κ1) is 12.4. The minimum Gasteiger partial charge on any atom is -0.325 e. The molecule has 0 radical (unpaired) electrons. The van der Waals surface area contributed by atoms with Crippen LogP contribution in [-0.4, -0.2) is 10.5 Å². The maximum Gasteiger partial charge on any atom is 0.433 e. The Kier molecular flexibility index (Phi) is 2.51. The molecule has 2 nitrogen and oxygen atoms in total. The van der Waals surface area contributed by atoms with E-state index in [1.165, 1.54) is 12.3 Å². The van der Waals surface area contributed by atoms with Crippen LogP contribution in [0.4, 0.5) is 13.2 Å². The first-order valence-electron chi connectivity index (χ1n) is 5.49. The van der Waals surface area contributed by atoms with Gasteiger partial charge < -0.3 is 5.73 Å². The second-order valence-corrected chi connectivity index (χ2v) is 5.23. The lowest BCUT2D eigenvalue weighted by Crippen LogP contribution is -2.45. The fraction of sp³-hybridized carbons (Fsp3) is 0.583. The van der Waals surface area contributed by atoms with E-state index in [1.54, 1.807) is 0 Å². The van der Waals surface area contributed by atoms with Gasteiger partial charge in [-0.3, -0.25) is 4.98 Å². The molecule has 1 aromatic heterocycles. The normalized spacial score (nSPS) is 19.2. The van der Waals surface area contributed by atoms with Gasteiger partial charge in [0, 0.05) is 17.2 Å². The van der Waals surface area contributed by atoms with Crippen molar-refractivity contribution in [1.29, 1.82) is 0 Å². The van der Waals surface area contributed by atoms with Crippen LogP contribution in [0.3, 0.4) is 0 Å². The third-order valence-electron chi connectivity index (χ3n) is 3.59. The number of rotatable bonds is 2. The number of nitrogens with two attached hydrogens (primary N) is 1. The highest BCUT2D eigenvalue weighted by Gasteiger charge is 2.54. The molecule has 0 atom stereocenters. The van der Waals surface area contributed by atoms with E-state index in [2.05, 4.69) is 4.98 Å². The summed E-state index contributed by atoms with van der Waals surface area (Å²) in [5.41, 5.74) is 5.39. The third kappa shape index (κ3) is 2.04. The van der Waals surface area contributed by atoms with E-state index in [0.717, 1.165) is 24.5 Å². The van der Waals surface area contributed by atoms with Crippen molar-refractivity contribution in [3.8, 4) is 0 Å².